The molecular weight excluding hydrogens is 468 g/mol. The number of amides is 1. The van der Waals surface area contributed by atoms with E-state index in [0.717, 1.165) is 5.56 Å². The maximum absolute atomic E-state index is 13.5. The zero-order chi connectivity index (χ0) is 23.0. The second-order valence-corrected chi connectivity index (χ2v) is 10.7. The SMILES string of the molecule is O=C(c1cc(-c2ccc3c(c2)OCCO3)on1)N(Cc1ccccc1Cl)[C@@H]1CCS(=O)(=O)C1. The fourth-order valence-corrected chi connectivity index (χ4v) is 5.98. The van der Waals surface area contributed by atoms with Gasteiger partial charge in [-0.05, 0) is 36.2 Å². The summed E-state index contributed by atoms with van der Waals surface area (Å²) >= 11 is 6.31. The molecule has 3 heterocycles. The van der Waals surface area contributed by atoms with Crippen LogP contribution < -0.4 is 9.47 Å². The second kappa shape index (κ2) is 8.72. The molecule has 0 unspecified atom stereocenters. The zero-order valence-corrected chi connectivity index (χ0v) is 19.1. The Morgan fingerprint density at radius 3 is 2.64 bits per heavy atom. The van der Waals surface area contributed by atoms with Gasteiger partial charge in [0, 0.05) is 29.2 Å². The normalized spacial score (nSPS) is 18.8. The van der Waals surface area contributed by atoms with Crippen molar-refractivity contribution in [3.8, 4) is 22.8 Å². The standard InChI is InChI=1S/C23H21ClN2O6S/c24-18-4-2-1-3-16(18)13-26(17-7-10-33(28,29)14-17)23(27)19-12-21(32-25-19)15-5-6-20-22(11-15)31-9-8-30-20/h1-6,11-12,17H,7-10,13-14H2/t17-/m1/s1. The van der Waals surface area contributed by atoms with Gasteiger partial charge in [0.2, 0.25) is 0 Å². The van der Waals surface area contributed by atoms with Crippen LogP contribution in [0.4, 0.5) is 0 Å². The van der Waals surface area contributed by atoms with Crippen LogP contribution in [0.25, 0.3) is 11.3 Å². The number of rotatable bonds is 5. The first-order valence-corrected chi connectivity index (χ1v) is 12.7. The maximum atomic E-state index is 13.5. The molecule has 0 bridgehead atoms. The van der Waals surface area contributed by atoms with Crippen LogP contribution in [0.15, 0.2) is 53.1 Å². The number of fused-ring (bicyclic) bond motifs is 1. The highest BCUT2D eigenvalue weighted by atomic mass is 35.5. The first kappa shape index (κ1) is 21.8. The first-order chi connectivity index (χ1) is 15.9. The summed E-state index contributed by atoms with van der Waals surface area (Å²) in [6, 6.07) is 13.6. The Morgan fingerprint density at radius 1 is 1.09 bits per heavy atom. The van der Waals surface area contributed by atoms with Gasteiger partial charge in [-0.2, -0.15) is 0 Å². The Balaban J connectivity index is 1.43. The molecule has 8 nitrogen and oxygen atoms in total. The quantitative estimate of drug-likeness (QED) is 0.541. The third-order valence-electron chi connectivity index (χ3n) is 5.76. The van der Waals surface area contributed by atoms with Crippen LogP contribution in [0.5, 0.6) is 11.5 Å². The van der Waals surface area contributed by atoms with Crippen LogP contribution in [0, 0.1) is 0 Å². The van der Waals surface area contributed by atoms with Gasteiger partial charge >= 0.3 is 0 Å². The molecule has 1 amide bonds. The lowest BCUT2D eigenvalue weighted by molar-refractivity contribution is 0.0670. The van der Waals surface area contributed by atoms with Crippen molar-refractivity contribution in [2.75, 3.05) is 24.7 Å². The fraction of sp³-hybridized carbons (Fsp3) is 0.304. The number of hydrogen-bond donors (Lipinski definition) is 0. The van der Waals surface area contributed by atoms with E-state index in [1.807, 2.05) is 12.1 Å². The number of ether oxygens (including phenoxy) is 2. The first-order valence-electron chi connectivity index (χ1n) is 10.5. The Morgan fingerprint density at radius 2 is 1.88 bits per heavy atom. The summed E-state index contributed by atoms with van der Waals surface area (Å²) in [4.78, 5) is 15.0. The van der Waals surface area contributed by atoms with E-state index in [1.165, 1.54) is 4.90 Å². The highest BCUT2D eigenvalue weighted by molar-refractivity contribution is 7.91. The summed E-state index contributed by atoms with van der Waals surface area (Å²) in [6.07, 6.45) is 0.366. The van der Waals surface area contributed by atoms with Gasteiger partial charge in [-0.15, -0.1) is 0 Å². The van der Waals surface area contributed by atoms with Crippen molar-refractivity contribution >= 4 is 27.3 Å². The molecule has 0 saturated carbocycles. The van der Waals surface area contributed by atoms with Gasteiger partial charge in [-0.3, -0.25) is 4.79 Å². The van der Waals surface area contributed by atoms with E-state index < -0.39 is 21.8 Å². The van der Waals surface area contributed by atoms with Crippen LogP contribution in [0.3, 0.4) is 0 Å². The minimum absolute atomic E-state index is 0.0469. The molecule has 0 radical (unpaired) electrons. The molecule has 2 aliphatic heterocycles. The third kappa shape index (κ3) is 4.56. The third-order valence-corrected chi connectivity index (χ3v) is 7.88. The van der Waals surface area contributed by atoms with E-state index in [-0.39, 0.29) is 23.7 Å². The molecule has 33 heavy (non-hydrogen) atoms. The number of hydrogen-bond acceptors (Lipinski definition) is 7. The summed E-state index contributed by atoms with van der Waals surface area (Å²) in [7, 11) is -3.20. The lowest BCUT2D eigenvalue weighted by Crippen LogP contribution is -2.40. The molecule has 0 N–H and O–H groups in total. The highest BCUT2D eigenvalue weighted by Gasteiger charge is 2.36. The van der Waals surface area contributed by atoms with Gasteiger partial charge in [0.25, 0.3) is 5.91 Å². The molecule has 1 aromatic heterocycles. The number of benzene rings is 2. The van der Waals surface area contributed by atoms with E-state index in [9.17, 15) is 13.2 Å². The van der Waals surface area contributed by atoms with Crippen molar-refractivity contribution in [2.45, 2.75) is 19.0 Å². The van der Waals surface area contributed by atoms with Gasteiger partial charge in [0.05, 0.1) is 11.5 Å². The molecule has 0 aliphatic carbocycles. The minimum atomic E-state index is -3.20. The molecule has 0 spiro atoms. The van der Waals surface area contributed by atoms with Crippen molar-refractivity contribution in [1.82, 2.24) is 10.1 Å². The monoisotopic (exact) mass is 488 g/mol. The largest absolute Gasteiger partial charge is 0.486 e. The number of aromatic nitrogens is 1. The molecule has 172 valence electrons. The summed E-state index contributed by atoms with van der Waals surface area (Å²) in [6.45, 7) is 1.12. The van der Waals surface area contributed by atoms with E-state index in [0.29, 0.717) is 47.5 Å². The maximum Gasteiger partial charge on any atom is 0.276 e. The lowest BCUT2D eigenvalue weighted by Gasteiger charge is -2.28. The van der Waals surface area contributed by atoms with Crippen LogP contribution in [0.1, 0.15) is 22.5 Å². The molecular formula is C23H21ClN2O6S. The fourth-order valence-electron chi connectivity index (χ4n) is 4.05. The predicted octanol–water partition coefficient (Wildman–Crippen LogP) is 3.60. The highest BCUT2D eigenvalue weighted by Crippen LogP contribution is 2.35. The molecule has 5 rings (SSSR count). The Kier molecular flexibility index (Phi) is 5.76. The van der Waals surface area contributed by atoms with Crippen LogP contribution in [-0.2, 0) is 16.4 Å². The minimum Gasteiger partial charge on any atom is -0.486 e. The van der Waals surface area contributed by atoms with Gasteiger partial charge < -0.3 is 18.9 Å². The van der Waals surface area contributed by atoms with Gasteiger partial charge in [0.15, 0.2) is 32.8 Å². The predicted molar refractivity (Wildman–Crippen MR) is 121 cm³/mol. The van der Waals surface area contributed by atoms with Crippen molar-refractivity contribution in [3.05, 3.63) is 64.8 Å². The molecule has 2 aliphatic rings. The number of sulfone groups is 1. The number of carbonyl (C=O) groups is 1. The van der Waals surface area contributed by atoms with E-state index >= 15 is 0 Å². The lowest BCUT2D eigenvalue weighted by atomic mass is 10.1. The average Bonchev–Trinajstić information content (AvgIpc) is 3.44. The second-order valence-electron chi connectivity index (χ2n) is 8.02. The van der Waals surface area contributed by atoms with E-state index in [4.69, 9.17) is 25.6 Å². The number of carbonyl (C=O) groups excluding carboxylic acids is 1. The Hall–Kier alpha value is -3.04. The van der Waals surface area contributed by atoms with Crippen molar-refractivity contribution < 1.29 is 27.2 Å². The van der Waals surface area contributed by atoms with Crippen LogP contribution in [0.2, 0.25) is 5.02 Å². The molecule has 2 aromatic carbocycles. The topological polar surface area (TPSA) is 98.9 Å². The molecule has 1 fully saturated rings. The van der Waals surface area contributed by atoms with Gasteiger partial charge in [-0.1, -0.05) is 35.0 Å². The van der Waals surface area contributed by atoms with Crippen molar-refractivity contribution in [2.24, 2.45) is 0 Å². The summed E-state index contributed by atoms with van der Waals surface area (Å²) in [5.41, 5.74) is 1.51. The molecule has 10 heteroatoms. The molecule has 1 saturated heterocycles. The smallest absolute Gasteiger partial charge is 0.276 e. The van der Waals surface area contributed by atoms with Crippen molar-refractivity contribution in [3.63, 3.8) is 0 Å². The van der Waals surface area contributed by atoms with Crippen LogP contribution in [-0.4, -0.2) is 55.1 Å². The van der Waals surface area contributed by atoms with Gasteiger partial charge in [-0.25, -0.2) is 8.42 Å². The number of nitrogens with zero attached hydrogens (tertiary/aromatic N) is 2. The number of halogens is 1. The van der Waals surface area contributed by atoms with Crippen molar-refractivity contribution in [1.29, 1.82) is 0 Å². The Bertz CT molecular complexity index is 1310. The Labute approximate surface area is 195 Å². The van der Waals surface area contributed by atoms with E-state index in [1.54, 1.807) is 36.4 Å². The average molecular weight is 489 g/mol. The van der Waals surface area contributed by atoms with Gasteiger partial charge in [0.1, 0.15) is 13.2 Å². The molecule has 1 atom stereocenters. The summed E-state index contributed by atoms with van der Waals surface area (Å²) in [5, 5.41) is 4.48. The van der Waals surface area contributed by atoms with E-state index in [2.05, 4.69) is 5.16 Å². The zero-order valence-electron chi connectivity index (χ0n) is 17.6. The van der Waals surface area contributed by atoms with Crippen LogP contribution >= 0.6 is 11.6 Å². The summed E-state index contributed by atoms with van der Waals surface area (Å²) < 4.78 is 40.8. The summed E-state index contributed by atoms with van der Waals surface area (Å²) in [5.74, 6) is 1.19. The molecule has 3 aromatic rings.